The molecule has 3 nitrogen and oxygen atoms in total. The van der Waals surface area contributed by atoms with Crippen LogP contribution in [0.1, 0.15) is 0 Å². The Bertz CT molecular complexity index is 562. The summed E-state index contributed by atoms with van der Waals surface area (Å²) in [5.41, 5.74) is 0.822. The standard InChI is InChI=1S/C11H8BrClIN3/c1-15-11-9(14)5-16-10(17-11)7-3-2-6(12)4-8(7)13/h2-5H,1H3,(H,15,16,17). The average Bonchev–Trinajstić information content (AvgIpc) is 2.30. The largest absolute Gasteiger partial charge is 0.372 e. The van der Waals surface area contributed by atoms with Crippen molar-refractivity contribution < 1.29 is 0 Å². The van der Waals surface area contributed by atoms with E-state index in [0.717, 1.165) is 19.4 Å². The van der Waals surface area contributed by atoms with Crippen LogP contribution in [0.3, 0.4) is 0 Å². The molecule has 1 N–H and O–H groups in total. The number of hydrogen-bond acceptors (Lipinski definition) is 3. The molecule has 0 amide bonds. The minimum absolute atomic E-state index is 0.618. The van der Waals surface area contributed by atoms with Crippen molar-refractivity contribution in [2.75, 3.05) is 12.4 Å². The van der Waals surface area contributed by atoms with Crippen molar-refractivity contribution in [2.45, 2.75) is 0 Å². The minimum Gasteiger partial charge on any atom is -0.372 e. The SMILES string of the molecule is CNc1nc(-c2ccc(Br)cc2Cl)ncc1I. The summed E-state index contributed by atoms with van der Waals surface area (Å²) in [4.78, 5) is 8.71. The van der Waals surface area contributed by atoms with Crippen LogP contribution in [0.5, 0.6) is 0 Å². The molecule has 0 atom stereocenters. The number of nitrogens with one attached hydrogen (secondary N) is 1. The van der Waals surface area contributed by atoms with Crippen LogP contribution in [0.4, 0.5) is 5.82 Å². The molecule has 0 bridgehead atoms. The number of halogens is 3. The zero-order valence-corrected chi connectivity index (χ0v) is 13.3. The summed E-state index contributed by atoms with van der Waals surface area (Å²) in [6.07, 6.45) is 1.77. The van der Waals surface area contributed by atoms with Crippen LogP contribution in [0.25, 0.3) is 11.4 Å². The summed E-state index contributed by atoms with van der Waals surface area (Å²) in [5, 5.41) is 3.65. The molecule has 0 radical (unpaired) electrons. The highest BCUT2D eigenvalue weighted by atomic mass is 127. The molecule has 0 aliphatic rings. The van der Waals surface area contributed by atoms with Gasteiger partial charge in [-0.1, -0.05) is 27.5 Å². The van der Waals surface area contributed by atoms with Crippen molar-refractivity contribution in [3.05, 3.63) is 37.5 Å². The molecule has 0 aliphatic heterocycles. The van der Waals surface area contributed by atoms with Crippen molar-refractivity contribution in [2.24, 2.45) is 0 Å². The maximum absolute atomic E-state index is 6.17. The normalized spacial score (nSPS) is 10.4. The first-order valence-corrected chi connectivity index (χ1v) is 7.02. The maximum Gasteiger partial charge on any atom is 0.163 e. The van der Waals surface area contributed by atoms with E-state index in [1.54, 1.807) is 6.20 Å². The van der Waals surface area contributed by atoms with Gasteiger partial charge in [0.15, 0.2) is 5.82 Å². The highest BCUT2D eigenvalue weighted by molar-refractivity contribution is 14.1. The molecule has 0 saturated carbocycles. The second kappa shape index (κ2) is 5.49. The Morgan fingerprint density at radius 3 is 2.82 bits per heavy atom. The lowest BCUT2D eigenvalue weighted by atomic mass is 10.2. The predicted octanol–water partition coefficient (Wildman–Crippen LogP) is 4.21. The monoisotopic (exact) mass is 423 g/mol. The van der Waals surface area contributed by atoms with Crippen LogP contribution in [0, 0.1) is 3.57 Å². The topological polar surface area (TPSA) is 37.8 Å². The van der Waals surface area contributed by atoms with Crippen molar-refractivity contribution in [3.63, 3.8) is 0 Å². The molecular formula is C11H8BrClIN3. The Labute approximate surface area is 126 Å². The van der Waals surface area contributed by atoms with Crippen LogP contribution >= 0.6 is 50.1 Å². The molecule has 0 fully saturated rings. The Hall–Kier alpha value is -0.400. The molecule has 1 aromatic heterocycles. The summed E-state index contributed by atoms with van der Waals surface area (Å²) in [7, 11) is 1.83. The predicted molar refractivity (Wildman–Crippen MR) is 82.4 cm³/mol. The Morgan fingerprint density at radius 2 is 2.18 bits per heavy atom. The van der Waals surface area contributed by atoms with Crippen molar-refractivity contribution >= 4 is 55.9 Å². The molecule has 17 heavy (non-hydrogen) atoms. The van der Waals surface area contributed by atoms with Gasteiger partial charge in [0.25, 0.3) is 0 Å². The highest BCUT2D eigenvalue weighted by Gasteiger charge is 2.09. The third kappa shape index (κ3) is 2.89. The van der Waals surface area contributed by atoms with Gasteiger partial charge in [0.1, 0.15) is 5.82 Å². The molecule has 1 heterocycles. The molecule has 2 aromatic rings. The number of benzene rings is 1. The second-order valence-corrected chi connectivity index (χ2v) is 5.75. The van der Waals surface area contributed by atoms with Gasteiger partial charge in [-0.3, -0.25) is 0 Å². The quantitative estimate of drug-likeness (QED) is 0.735. The Morgan fingerprint density at radius 1 is 1.41 bits per heavy atom. The molecule has 6 heteroatoms. The lowest BCUT2D eigenvalue weighted by molar-refractivity contribution is 1.15. The van der Waals surface area contributed by atoms with E-state index in [1.165, 1.54) is 0 Å². The van der Waals surface area contributed by atoms with Gasteiger partial charge in [-0.2, -0.15) is 0 Å². The Kier molecular flexibility index (Phi) is 4.22. The zero-order valence-electron chi connectivity index (χ0n) is 8.84. The van der Waals surface area contributed by atoms with E-state index in [1.807, 2.05) is 25.2 Å². The van der Waals surface area contributed by atoms with Gasteiger partial charge in [0, 0.05) is 23.3 Å². The summed E-state index contributed by atoms with van der Waals surface area (Å²) < 4.78 is 1.91. The summed E-state index contributed by atoms with van der Waals surface area (Å²) in [6.45, 7) is 0. The lowest BCUT2D eigenvalue weighted by Crippen LogP contribution is -1.99. The van der Waals surface area contributed by atoms with Crippen LogP contribution < -0.4 is 5.32 Å². The van der Waals surface area contributed by atoms with Gasteiger partial charge in [-0.15, -0.1) is 0 Å². The number of hydrogen-bond donors (Lipinski definition) is 1. The fourth-order valence-corrected chi connectivity index (χ4v) is 2.63. The Balaban J connectivity index is 2.53. The summed E-state index contributed by atoms with van der Waals surface area (Å²) in [6, 6.07) is 5.65. The van der Waals surface area contributed by atoms with Crippen LogP contribution in [0.2, 0.25) is 5.02 Å². The number of rotatable bonds is 2. The van der Waals surface area contributed by atoms with Crippen LogP contribution in [-0.4, -0.2) is 17.0 Å². The average molecular weight is 424 g/mol. The van der Waals surface area contributed by atoms with Crippen molar-refractivity contribution in [1.29, 1.82) is 0 Å². The molecule has 88 valence electrons. The second-order valence-electron chi connectivity index (χ2n) is 3.26. The minimum atomic E-state index is 0.618. The van der Waals surface area contributed by atoms with Gasteiger partial charge < -0.3 is 5.32 Å². The fraction of sp³-hybridized carbons (Fsp3) is 0.0909. The van der Waals surface area contributed by atoms with Gasteiger partial charge in [-0.05, 0) is 40.8 Å². The first-order valence-electron chi connectivity index (χ1n) is 4.77. The van der Waals surface area contributed by atoms with Gasteiger partial charge in [0.2, 0.25) is 0 Å². The molecule has 1 aromatic carbocycles. The highest BCUT2D eigenvalue weighted by Crippen LogP contribution is 2.29. The van der Waals surface area contributed by atoms with E-state index in [9.17, 15) is 0 Å². The van der Waals surface area contributed by atoms with Crippen LogP contribution in [0.15, 0.2) is 28.9 Å². The summed E-state index contributed by atoms with van der Waals surface area (Å²) in [5.74, 6) is 1.42. The van der Waals surface area contributed by atoms with Gasteiger partial charge in [0.05, 0.1) is 8.59 Å². The van der Waals surface area contributed by atoms with Crippen molar-refractivity contribution in [3.8, 4) is 11.4 Å². The van der Waals surface area contributed by atoms with E-state index in [4.69, 9.17) is 11.6 Å². The third-order valence-electron chi connectivity index (χ3n) is 2.15. The van der Waals surface area contributed by atoms with E-state index >= 15 is 0 Å². The fourth-order valence-electron chi connectivity index (χ4n) is 1.34. The number of aromatic nitrogens is 2. The molecular weight excluding hydrogens is 416 g/mol. The van der Waals surface area contributed by atoms with E-state index < -0.39 is 0 Å². The number of nitrogens with zero attached hydrogens (tertiary/aromatic N) is 2. The molecule has 0 unspecified atom stereocenters. The third-order valence-corrected chi connectivity index (χ3v) is 3.75. The maximum atomic E-state index is 6.17. The summed E-state index contributed by atoms with van der Waals surface area (Å²) >= 11 is 11.7. The van der Waals surface area contributed by atoms with E-state index in [0.29, 0.717) is 10.8 Å². The molecule has 2 rings (SSSR count). The number of anilines is 1. The van der Waals surface area contributed by atoms with Gasteiger partial charge in [-0.25, -0.2) is 9.97 Å². The molecule has 0 spiro atoms. The van der Waals surface area contributed by atoms with E-state index in [2.05, 4.69) is 53.8 Å². The first-order chi connectivity index (χ1) is 8.11. The molecule has 0 saturated heterocycles. The van der Waals surface area contributed by atoms with E-state index in [-0.39, 0.29) is 0 Å². The smallest absolute Gasteiger partial charge is 0.163 e. The van der Waals surface area contributed by atoms with Crippen molar-refractivity contribution in [1.82, 2.24) is 9.97 Å². The molecule has 0 aliphatic carbocycles. The lowest BCUT2D eigenvalue weighted by Gasteiger charge is -2.07. The van der Waals surface area contributed by atoms with Crippen LogP contribution in [-0.2, 0) is 0 Å². The first kappa shape index (κ1) is 13.0. The van der Waals surface area contributed by atoms with Gasteiger partial charge >= 0.3 is 0 Å². The zero-order chi connectivity index (χ0) is 12.4.